The zero-order valence-electron chi connectivity index (χ0n) is 4.51. The number of allylic oxidation sites excluding steroid dienone is 1. The monoisotopic (exact) mass is 126 g/mol. The Labute approximate surface area is 50.2 Å². The highest BCUT2D eigenvalue weighted by molar-refractivity contribution is 6.36. The molecule has 0 bridgehead atoms. The molecule has 0 aromatic heterocycles. The highest BCUT2D eigenvalue weighted by Crippen LogP contribution is 1.80. The Hall–Kier alpha value is -1.08. The van der Waals surface area contributed by atoms with Crippen LogP contribution in [-0.2, 0) is 4.79 Å². The van der Waals surface area contributed by atoms with Crippen molar-refractivity contribution in [2.45, 2.75) is 0 Å². The van der Waals surface area contributed by atoms with Crippen LogP contribution in [0.25, 0.3) is 0 Å². The van der Waals surface area contributed by atoms with Crippen molar-refractivity contribution in [1.29, 1.82) is 5.26 Å². The number of nitrogens with two attached hydrogens (primary N) is 1. The molecule has 0 unspecified atom stereocenters. The Balaban J connectivity index is 4.06. The summed E-state index contributed by atoms with van der Waals surface area (Å²) in [7, 11) is 0.547. The molecule has 1 amide bonds. The first kappa shape index (κ1) is 6.92. The maximum absolute atomic E-state index is 10.1. The van der Waals surface area contributed by atoms with Crippen molar-refractivity contribution in [3.8, 4) is 6.07 Å². The van der Waals surface area contributed by atoms with Crippen molar-refractivity contribution in [2.75, 3.05) is 0 Å². The van der Waals surface area contributed by atoms with Crippen LogP contribution in [0.3, 0.4) is 0 Å². The number of hydrogen-bond donors (Lipinski definition) is 1. The van der Waals surface area contributed by atoms with Crippen LogP contribution in [0.5, 0.6) is 0 Å². The van der Waals surface area contributed by atoms with Crippen molar-refractivity contribution < 1.29 is 4.79 Å². The summed E-state index contributed by atoms with van der Waals surface area (Å²) in [6, 6.07) is 1.72. The summed E-state index contributed by atoms with van der Waals surface area (Å²) >= 11 is 0. The van der Waals surface area contributed by atoms with Gasteiger partial charge in [0.2, 0.25) is 5.91 Å². The van der Waals surface area contributed by atoms with Gasteiger partial charge in [-0.05, 0) is 0 Å². The van der Waals surface area contributed by atoms with E-state index in [1.165, 1.54) is 6.08 Å². The zero-order chi connectivity index (χ0) is 6.57. The molecule has 0 rings (SSSR count). The first-order chi connectivity index (χ1) is 3.68. The first-order valence-corrected chi connectivity index (χ1v) is 3.04. The van der Waals surface area contributed by atoms with Gasteiger partial charge >= 0.3 is 0 Å². The van der Waals surface area contributed by atoms with E-state index in [9.17, 15) is 4.79 Å². The maximum Gasteiger partial charge on any atom is 0.240 e. The highest BCUT2D eigenvalue weighted by atomic mass is 28.1. The van der Waals surface area contributed by atoms with Crippen LogP contribution in [0.2, 0.25) is 0 Å². The van der Waals surface area contributed by atoms with Gasteiger partial charge in [0, 0.05) is 21.5 Å². The predicted octanol–water partition coefficient (Wildman–Crippen LogP) is -1.76. The van der Waals surface area contributed by atoms with E-state index in [1.807, 2.05) is 0 Å². The largest absolute Gasteiger partial charge is 0.366 e. The van der Waals surface area contributed by atoms with Gasteiger partial charge in [-0.1, -0.05) is 0 Å². The Kier molecular flexibility index (Phi) is 2.59. The standard InChI is InChI=1S/C4H6N2OSi/c5-2-1-3(8)4(6)7/h1H,8H3,(H2,6,7). The quantitative estimate of drug-likeness (QED) is 0.257. The second-order valence-electron chi connectivity index (χ2n) is 1.32. The molecule has 8 heavy (non-hydrogen) atoms. The number of carbonyl (C=O) groups excluding carboxylic acids is 1. The minimum Gasteiger partial charge on any atom is -0.366 e. The fourth-order valence-electron chi connectivity index (χ4n) is 0.168. The van der Waals surface area contributed by atoms with E-state index in [2.05, 4.69) is 0 Å². The van der Waals surface area contributed by atoms with E-state index in [0.717, 1.165) is 0 Å². The Morgan fingerprint density at radius 2 is 2.38 bits per heavy atom. The van der Waals surface area contributed by atoms with Crippen molar-refractivity contribution in [3.63, 3.8) is 0 Å². The Morgan fingerprint density at radius 1 is 1.88 bits per heavy atom. The number of primary amides is 1. The summed E-state index contributed by atoms with van der Waals surface area (Å²) in [5.74, 6) is -0.488. The fraction of sp³-hybridized carbons (Fsp3) is 0. The van der Waals surface area contributed by atoms with Crippen LogP contribution < -0.4 is 5.73 Å². The van der Waals surface area contributed by atoms with Crippen molar-refractivity contribution >= 4 is 16.1 Å². The van der Waals surface area contributed by atoms with E-state index >= 15 is 0 Å². The summed E-state index contributed by atoms with van der Waals surface area (Å²) in [6.07, 6.45) is 1.18. The van der Waals surface area contributed by atoms with Crippen LogP contribution in [0, 0.1) is 11.3 Å². The van der Waals surface area contributed by atoms with Crippen LogP contribution in [0.1, 0.15) is 0 Å². The molecule has 0 heterocycles. The van der Waals surface area contributed by atoms with Gasteiger partial charge in [-0.15, -0.1) is 0 Å². The topological polar surface area (TPSA) is 66.9 Å². The molecule has 0 radical (unpaired) electrons. The van der Waals surface area contributed by atoms with E-state index in [4.69, 9.17) is 11.0 Å². The zero-order valence-corrected chi connectivity index (χ0v) is 6.51. The van der Waals surface area contributed by atoms with Crippen LogP contribution in [0.4, 0.5) is 0 Å². The summed E-state index contributed by atoms with van der Waals surface area (Å²) in [6.45, 7) is 0. The summed E-state index contributed by atoms with van der Waals surface area (Å²) in [5, 5.41) is 8.40. The molecule has 2 N–H and O–H groups in total. The molecule has 0 saturated heterocycles. The lowest BCUT2D eigenvalue weighted by molar-refractivity contribution is -0.114. The Morgan fingerprint density at radius 3 is 2.50 bits per heavy atom. The number of carbonyl (C=O) groups is 1. The normalized spacial score (nSPS) is 10.6. The van der Waals surface area contributed by atoms with Crippen LogP contribution in [-0.4, -0.2) is 16.1 Å². The third kappa shape index (κ3) is 2.15. The van der Waals surface area contributed by atoms with Gasteiger partial charge in [0.25, 0.3) is 0 Å². The molecule has 0 aliphatic rings. The van der Waals surface area contributed by atoms with Crippen LogP contribution >= 0.6 is 0 Å². The second kappa shape index (κ2) is 2.99. The first-order valence-electron chi connectivity index (χ1n) is 2.04. The van der Waals surface area contributed by atoms with Gasteiger partial charge in [-0.25, -0.2) is 0 Å². The number of nitrogens with zero attached hydrogens (tertiary/aromatic N) is 1. The number of nitriles is 1. The molecule has 0 aliphatic heterocycles. The molecule has 3 nitrogen and oxygen atoms in total. The molecule has 0 aromatic carbocycles. The summed E-state index contributed by atoms with van der Waals surface area (Å²) < 4.78 is 0. The predicted molar refractivity (Wildman–Crippen MR) is 32.8 cm³/mol. The van der Waals surface area contributed by atoms with E-state index in [1.54, 1.807) is 6.07 Å². The fourth-order valence-corrected chi connectivity index (χ4v) is 0.297. The third-order valence-corrected chi connectivity index (χ3v) is 1.45. The number of hydrogen-bond acceptors (Lipinski definition) is 2. The van der Waals surface area contributed by atoms with Gasteiger partial charge in [0.15, 0.2) is 0 Å². The van der Waals surface area contributed by atoms with E-state index < -0.39 is 5.91 Å². The van der Waals surface area contributed by atoms with Gasteiger partial charge in [-0.3, -0.25) is 4.79 Å². The number of rotatable bonds is 1. The Bertz CT molecular complexity index is 167. The molecule has 0 spiro atoms. The molecule has 4 heteroatoms. The smallest absolute Gasteiger partial charge is 0.240 e. The van der Waals surface area contributed by atoms with Crippen molar-refractivity contribution in [1.82, 2.24) is 0 Å². The third-order valence-electron chi connectivity index (χ3n) is 0.670. The summed E-state index contributed by atoms with van der Waals surface area (Å²) in [5.41, 5.74) is 4.80. The summed E-state index contributed by atoms with van der Waals surface area (Å²) in [4.78, 5) is 10.1. The SMILES string of the molecule is N#CC=C([SiH3])C(N)=O. The average Bonchev–Trinajstić information content (AvgIpc) is 1.67. The minimum absolute atomic E-state index is 0.424. The lowest BCUT2D eigenvalue weighted by Crippen LogP contribution is -2.13. The van der Waals surface area contributed by atoms with E-state index in [0.29, 0.717) is 15.4 Å². The number of amides is 1. The molecule has 0 aliphatic carbocycles. The molecule has 42 valence electrons. The van der Waals surface area contributed by atoms with Crippen LogP contribution in [0.15, 0.2) is 11.3 Å². The van der Waals surface area contributed by atoms with Gasteiger partial charge in [0.05, 0.1) is 6.07 Å². The molecule has 0 atom stereocenters. The lowest BCUT2D eigenvalue weighted by Gasteiger charge is -1.84. The lowest BCUT2D eigenvalue weighted by atomic mass is 10.5. The van der Waals surface area contributed by atoms with Gasteiger partial charge < -0.3 is 5.73 Å². The molecular weight excluding hydrogens is 120 g/mol. The molecule has 0 aromatic rings. The van der Waals surface area contributed by atoms with Crippen molar-refractivity contribution in [3.05, 3.63) is 11.3 Å². The van der Waals surface area contributed by atoms with Crippen molar-refractivity contribution in [2.24, 2.45) is 5.73 Å². The van der Waals surface area contributed by atoms with Gasteiger partial charge in [-0.2, -0.15) is 5.26 Å². The average molecular weight is 126 g/mol. The highest BCUT2D eigenvalue weighted by Gasteiger charge is 1.92. The molecular formula is C4H6N2OSi. The molecule has 0 fully saturated rings. The minimum atomic E-state index is -0.488. The molecule has 0 saturated carbocycles. The van der Waals surface area contributed by atoms with E-state index in [-0.39, 0.29) is 0 Å². The second-order valence-corrected chi connectivity index (χ2v) is 2.40. The van der Waals surface area contributed by atoms with Gasteiger partial charge in [0.1, 0.15) is 0 Å². The maximum atomic E-state index is 10.1.